The second-order valence-electron chi connectivity index (χ2n) is 6.05. The maximum Gasteiger partial charge on any atom is 0.416 e. The summed E-state index contributed by atoms with van der Waals surface area (Å²) in [5.41, 5.74) is -0.186. The molecular formula is C17H23F3N2O. The molecule has 1 aromatic rings. The van der Waals surface area contributed by atoms with E-state index in [2.05, 4.69) is 5.32 Å². The second-order valence-corrected chi connectivity index (χ2v) is 6.05. The Kier molecular flexibility index (Phi) is 5.68. The van der Waals surface area contributed by atoms with Gasteiger partial charge in [0.25, 0.3) is 0 Å². The molecule has 1 N–H and O–H groups in total. The Morgan fingerprint density at radius 2 is 2.09 bits per heavy atom. The molecule has 0 spiro atoms. The number of amides is 1. The molecule has 0 heterocycles. The lowest BCUT2D eigenvalue weighted by Crippen LogP contribution is -2.40. The molecular weight excluding hydrogens is 305 g/mol. The van der Waals surface area contributed by atoms with E-state index in [1.54, 1.807) is 17.9 Å². The lowest BCUT2D eigenvalue weighted by Gasteiger charge is -2.29. The highest BCUT2D eigenvalue weighted by Crippen LogP contribution is 2.32. The third-order valence-electron chi connectivity index (χ3n) is 4.23. The van der Waals surface area contributed by atoms with Gasteiger partial charge in [0.2, 0.25) is 5.91 Å². The summed E-state index contributed by atoms with van der Waals surface area (Å²) in [4.78, 5) is 13.9. The first-order chi connectivity index (χ1) is 10.8. The molecule has 0 aromatic heterocycles. The molecule has 6 heteroatoms. The number of nitrogens with one attached hydrogen (secondary N) is 1. The number of benzene rings is 1. The van der Waals surface area contributed by atoms with Crippen LogP contribution in [0.5, 0.6) is 0 Å². The zero-order chi connectivity index (χ0) is 17.0. The van der Waals surface area contributed by atoms with Crippen LogP contribution in [0.25, 0.3) is 0 Å². The topological polar surface area (TPSA) is 32.3 Å². The van der Waals surface area contributed by atoms with Crippen LogP contribution < -0.4 is 5.32 Å². The Morgan fingerprint density at radius 1 is 1.39 bits per heavy atom. The van der Waals surface area contributed by atoms with Crippen molar-refractivity contribution in [3.05, 3.63) is 35.4 Å². The second kappa shape index (κ2) is 7.34. The Morgan fingerprint density at radius 3 is 2.65 bits per heavy atom. The third kappa shape index (κ3) is 4.96. The number of nitrogens with zero attached hydrogens (tertiary/aromatic N) is 1. The standard InChI is InChI=1S/C17H23F3N2O/c1-3-22(16(23)11-21-10-13-7-8-13)12(2)14-5-4-6-15(9-14)17(18,19)20/h4-6,9,12-13,21H,3,7-8,10-11H2,1-2H3. The average Bonchev–Trinajstić information content (AvgIpc) is 3.31. The molecule has 1 aliphatic rings. The highest BCUT2D eigenvalue weighted by Gasteiger charge is 2.31. The number of carbonyl (C=O) groups is 1. The molecule has 0 saturated heterocycles. The van der Waals surface area contributed by atoms with Crippen molar-refractivity contribution in [2.45, 2.75) is 38.9 Å². The first-order valence-electron chi connectivity index (χ1n) is 8.00. The highest BCUT2D eigenvalue weighted by atomic mass is 19.4. The summed E-state index contributed by atoms with van der Waals surface area (Å²) >= 11 is 0. The van der Waals surface area contributed by atoms with Crippen LogP contribution in [0.4, 0.5) is 13.2 Å². The lowest BCUT2D eigenvalue weighted by molar-refractivity contribution is -0.137. The van der Waals surface area contributed by atoms with Crippen molar-refractivity contribution in [1.29, 1.82) is 0 Å². The van der Waals surface area contributed by atoms with E-state index in [1.807, 2.05) is 6.92 Å². The molecule has 1 atom stereocenters. The highest BCUT2D eigenvalue weighted by molar-refractivity contribution is 5.78. The normalized spacial score (nSPS) is 16.2. The van der Waals surface area contributed by atoms with Gasteiger partial charge in [-0.25, -0.2) is 0 Å². The van der Waals surface area contributed by atoms with E-state index in [4.69, 9.17) is 0 Å². The number of hydrogen-bond donors (Lipinski definition) is 1. The number of halogens is 3. The van der Waals surface area contributed by atoms with Gasteiger partial charge in [0, 0.05) is 6.54 Å². The molecule has 23 heavy (non-hydrogen) atoms. The van der Waals surface area contributed by atoms with Crippen LogP contribution >= 0.6 is 0 Å². The number of hydrogen-bond acceptors (Lipinski definition) is 2. The molecule has 0 bridgehead atoms. The van der Waals surface area contributed by atoms with Crippen molar-refractivity contribution in [3.8, 4) is 0 Å². The van der Waals surface area contributed by atoms with E-state index in [0.717, 1.165) is 18.7 Å². The monoisotopic (exact) mass is 328 g/mol. The van der Waals surface area contributed by atoms with Gasteiger partial charge in [-0.3, -0.25) is 4.79 Å². The van der Waals surface area contributed by atoms with Gasteiger partial charge in [-0.05, 0) is 56.8 Å². The van der Waals surface area contributed by atoms with Crippen molar-refractivity contribution in [3.63, 3.8) is 0 Å². The molecule has 1 aromatic carbocycles. The zero-order valence-corrected chi connectivity index (χ0v) is 13.5. The van der Waals surface area contributed by atoms with Gasteiger partial charge in [-0.2, -0.15) is 13.2 Å². The molecule has 1 amide bonds. The van der Waals surface area contributed by atoms with E-state index in [-0.39, 0.29) is 12.5 Å². The largest absolute Gasteiger partial charge is 0.416 e. The lowest BCUT2D eigenvalue weighted by atomic mass is 10.0. The number of likely N-dealkylation sites (N-methyl/N-ethyl adjacent to an activating group) is 1. The van der Waals surface area contributed by atoms with Gasteiger partial charge < -0.3 is 10.2 Å². The third-order valence-corrected chi connectivity index (χ3v) is 4.23. The van der Waals surface area contributed by atoms with Crippen LogP contribution in [0, 0.1) is 5.92 Å². The summed E-state index contributed by atoms with van der Waals surface area (Å²) in [7, 11) is 0. The van der Waals surface area contributed by atoms with Gasteiger partial charge in [0.1, 0.15) is 0 Å². The van der Waals surface area contributed by atoms with Crippen molar-refractivity contribution >= 4 is 5.91 Å². The van der Waals surface area contributed by atoms with E-state index in [0.29, 0.717) is 18.0 Å². The Balaban J connectivity index is 2.02. The first kappa shape index (κ1) is 17.8. The minimum absolute atomic E-state index is 0.0851. The molecule has 1 aliphatic carbocycles. The number of alkyl halides is 3. The summed E-state index contributed by atoms with van der Waals surface area (Å²) in [5.74, 6) is 0.594. The van der Waals surface area contributed by atoms with E-state index >= 15 is 0 Å². The minimum Gasteiger partial charge on any atom is -0.335 e. The van der Waals surface area contributed by atoms with E-state index < -0.39 is 17.8 Å². The fraction of sp³-hybridized carbons (Fsp3) is 0.588. The van der Waals surface area contributed by atoms with Crippen molar-refractivity contribution < 1.29 is 18.0 Å². The van der Waals surface area contributed by atoms with Crippen molar-refractivity contribution in [2.24, 2.45) is 5.92 Å². The zero-order valence-electron chi connectivity index (χ0n) is 13.5. The molecule has 0 radical (unpaired) electrons. The summed E-state index contributed by atoms with van der Waals surface area (Å²) in [6, 6.07) is 4.80. The first-order valence-corrected chi connectivity index (χ1v) is 8.00. The van der Waals surface area contributed by atoms with Crippen LogP contribution in [0.1, 0.15) is 43.9 Å². The van der Waals surface area contributed by atoms with Crippen LogP contribution in [0.15, 0.2) is 24.3 Å². The molecule has 2 rings (SSSR count). The van der Waals surface area contributed by atoms with Crippen LogP contribution in [-0.2, 0) is 11.0 Å². The quantitative estimate of drug-likeness (QED) is 0.829. The van der Waals surface area contributed by atoms with Crippen LogP contribution in [0.2, 0.25) is 0 Å². The smallest absolute Gasteiger partial charge is 0.335 e. The maximum atomic E-state index is 12.8. The molecule has 1 saturated carbocycles. The molecule has 1 fully saturated rings. The number of rotatable bonds is 7. The van der Waals surface area contributed by atoms with Crippen molar-refractivity contribution in [1.82, 2.24) is 10.2 Å². The summed E-state index contributed by atoms with van der Waals surface area (Å²) < 4.78 is 38.5. The Bertz CT molecular complexity index is 541. The van der Waals surface area contributed by atoms with Gasteiger partial charge in [-0.15, -0.1) is 0 Å². The Hall–Kier alpha value is -1.56. The fourth-order valence-electron chi connectivity index (χ4n) is 2.63. The SMILES string of the molecule is CCN(C(=O)CNCC1CC1)C(C)c1cccc(C(F)(F)F)c1. The van der Waals surface area contributed by atoms with Crippen molar-refractivity contribution in [2.75, 3.05) is 19.6 Å². The summed E-state index contributed by atoms with van der Waals surface area (Å²) in [6.45, 7) is 5.12. The van der Waals surface area contributed by atoms with Gasteiger partial charge >= 0.3 is 6.18 Å². The van der Waals surface area contributed by atoms with Gasteiger partial charge in [0.05, 0.1) is 18.2 Å². The summed E-state index contributed by atoms with van der Waals surface area (Å²) in [5, 5.41) is 3.13. The fourth-order valence-corrected chi connectivity index (χ4v) is 2.63. The van der Waals surface area contributed by atoms with Gasteiger partial charge in [-0.1, -0.05) is 12.1 Å². The maximum absolute atomic E-state index is 12.8. The molecule has 128 valence electrons. The van der Waals surface area contributed by atoms with Crippen LogP contribution in [-0.4, -0.2) is 30.4 Å². The number of carbonyl (C=O) groups excluding carboxylic acids is 1. The van der Waals surface area contributed by atoms with E-state index in [1.165, 1.54) is 18.9 Å². The van der Waals surface area contributed by atoms with Crippen LogP contribution in [0.3, 0.4) is 0 Å². The molecule has 3 nitrogen and oxygen atoms in total. The summed E-state index contributed by atoms with van der Waals surface area (Å²) in [6.07, 6.45) is -1.96. The van der Waals surface area contributed by atoms with Gasteiger partial charge in [0.15, 0.2) is 0 Å². The molecule has 1 unspecified atom stereocenters. The van der Waals surface area contributed by atoms with E-state index in [9.17, 15) is 18.0 Å². The average molecular weight is 328 g/mol. The Labute approximate surface area is 134 Å². The molecule has 0 aliphatic heterocycles. The minimum atomic E-state index is -4.37. The predicted molar refractivity (Wildman–Crippen MR) is 82.8 cm³/mol. The predicted octanol–water partition coefficient (Wildman–Crippen LogP) is 3.61.